The van der Waals surface area contributed by atoms with Crippen LogP contribution < -0.4 is 29.3 Å². The zero-order chi connectivity index (χ0) is 21.5. The molecule has 1 saturated carbocycles. The van der Waals surface area contributed by atoms with Gasteiger partial charge in [0.1, 0.15) is 32.7 Å². The van der Waals surface area contributed by atoms with E-state index in [1.807, 2.05) is 6.07 Å². The van der Waals surface area contributed by atoms with Crippen LogP contribution in [0.1, 0.15) is 38.2 Å². The number of amides is 1. The second-order valence-electron chi connectivity index (χ2n) is 8.78. The van der Waals surface area contributed by atoms with Gasteiger partial charge >= 0.3 is 0 Å². The molecule has 0 aromatic heterocycles. The molecule has 2 aliphatic rings. The van der Waals surface area contributed by atoms with Crippen molar-refractivity contribution < 1.29 is 28.8 Å². The summed E-state index contributed by atoms with van der Waals surface area (Å²) in [5, 5.41) is 3.30. The van der Waals surface area contributed by atoms with E-state index in [0.29, 0.717) is 30.0 Å². The lowest BCUT2D eigenvalue weighted by Crippen LogP contribution is -3.28. The summed E-state index contributed by atoms with van der Waals surface area (Å²) < 4.78 is 16.5. The molecular formula is C23H39N3O4+2. The Morgan fingerprint density at radius 1 is 0.967 bits per heavy atom. The molecule has 0 unspecified atom stereocenters. The molecule has 168 valence electrons. The van der Waals surface area contributed by atoms with Crippen molar-refractivity contribution in [3.8, 4) is 17.2 Å². The topological polar surface area (TPSA) is 65.7 Å². The largest absolute Gasteiger partial charge is 0.493 e. The summed E-state index contributed by atoms with van der Waals surface area (Å²) in [5.41, 5.74) is 1.12. The van der Waals surface area contributed by atoms with Crippen molar-refractivity contribution in [2.24, 2.45) is 5.92 Å². The van der Waals surface area contributed by atoms with E-state index in [1.165, 1.54) is 29.1 Å². The minimum absolute atomic E-state index is 0.216. The van der Waals surface area contributed by atoms with E-state index in [-0.39, 0.29) is 5.91 Å². The van der Waals surface area contributed by atoms with Gasteiger partial charge in [0.2, 0.25) is 5.75 Å². The monoisotopic (exact) mass is 421 g/mol. The van der Waals surface area contributed by atoms with E-state index in [0.717, 1.165) is 50.5 Å². The number of nitrogens with one attached hydrogen (secondary N) is 3. The Hall–Kier alpha value is -1.99. The average molecular weight is 422 g/mol. The van der Waals surface area contributed by atoms with Gasteiger partial charge < -0.3 is 29.3 Å². The molecule has 7 nitrogen and oxygen atoms in total. The molecule has 30 heavy (non-hydrogen) atoms. The van der Waals surface area contributed by atoms with Crippen LogP contribution in [-0.2, 0) is 11.3 Å². The first kappa shape index (κ1) is 22.7. The number of hydrogen-bond donors (Lipinski definition) is 3. The first-order valence-electron chi connectivity index (χ1n) is 11.3. The molecule has 0 bridgehead atoms. The van der Waals surface area contributed by atoms with E-state index in [2.05, 4.69) is 18.3 Å². The Morgan fingerprint density at radius 2 is 1.63 bits per heavy atom. The van der Waals surface area contributed by atoms with Crippen molar-refractivity contribution in [3.63, 3.8) is 0 Å². The fourth-order valence-electron chi connectivity index (χ4n) is 4.90. The Bertz CT molecular complexity index is 704. The Balaban J connectivity index is 1.49. The van der Waals surface area contributed by atoms with E-state index in [9.17, 15) is 4.79 Å². The van der Waals surface area contributed by atoms with Crippen molar-refractivity contribution in [1.82, 2.24) is 5.32 Å². The third-order valence-corrected chi connectivity index (χ3v) is 6.76. The molecule has 7 heteroatoms. The van der Waals surface area contributed by atoms with E-state index in [1.54, 1.807) is 21.3 Å². The van der Waals surface area contributed by atoms with Gasteiger partial charge in [-0.3, -0.25) is 4.79 Å². The van der Waals surface area contributed by atoms with Crippen molar-refractivity contribution in [2.45, 2.75) is 45.2 Å². The molecule has 3 N–H and O–H groups in total. The van der Waals surface area contributed by atoms with Gasteiger partial charge in [0.15, 0.2) is 18.0 Å². The molecule has 0 spiro atoms. The number of methoxy groups -OCH3 is 3. The van der Waals surface area contributed by atoms with Crippen LogP contribution in [0.2, 0.25) is 0 Å². The standard InChI is InChI=1S/C23H37N3O4/c1-17-7-5-6-8-19(17)24-21(27)16-26-13-11-25(12-14-26)15-18-9-10-20(28-2)23(30-4)22(18)29-3/h9-10,17,19H,5-8,11-16H2,1-4H3,(H,24,27)/p+2/t17-,19+/m1/s1. The first-order valence-corrected chi connectivity index (χ1v) is 11.3. The van der Waals surface area contributed by atoms with Crippen LogP contribution in [0.15, 0.2) is 12.1 Å². The Kier molecular flexibility index (Phi) is 8.22. The van der Waals surface area contributed by atoms with Crippen LogP contribution in [0.5, 0.6) is 17.2 Å². The molecular weight excluding hydrogens is 382 g/mol. The molecule has 1 aromatic rings. The van der Waals surface area contributed by atoms with Crippen LogP contribution in [0, 0.1) is 5.92 Å². The third kappa shape index (κ3) is 5.58. The quantitative estimate of drug-likeness (QED) is 0.539. The fraction of sp³-hybridized carbons (Fsp3) is 0.696. The van der Waals surface area contributed by atoms with Gasteiger partial charge in [-0.15, -0.1) is 0 Å². The number of ether oxygens (including phenoxy) is 3. The fourth-order valence-corrected chi connectivity index (χ4v) is 4.90. The summed E-state index contributed by atoms with van der Waals surface area (Å²) in [4.78, 5) is 15.4. The van der Waals surface area contributed by atoms with E-state index >= 15 is 0 Å². The van der Waals surface area contributed by atoms with Gasteiger partial charge in [0.25, 0.3) is 5.91 Å². The van der Waals surface area contributed by atoms with Gasteiger partial charge in [0.05, 0.1) is 26.9 Å². The average Bonchev–Trinajstić information content (AvgIpc) is 2.76. The van der Waals surface area contributed by atoms with Crippen molar-refractivity contribution in [3.05, 3.63) is 17.7 Å². The molecule has 1 amide bonds. The lowest BCUT2D eigenvalue weighted by molar-refractivity contribution is -1.02. The smallest absolute Gasteiger partial charge is 0.275 e. The highest BCUT2D eigenvalue weighted by Crippen LogP contribution is 2.39. The summed E-state index contributed by atoms with van der Waals surface area (Å²) in [6.07, 6.45) is 4.91. The summed E-state index contributed by atoms with van der Waals surface area (Å²) in [6, 6.07) is 4.37. The SMILES string of the molecule is COc1ccc(C[NH+]2CC[NH+](CC(=O)N[C@H]3CCCC[C@H]3C)CC2)c(OC)c1OC. The van der Waals surface area contributed by atoms with Crippen LogP contribution in [-0.4, -0.2) is 66.0 Å². The van der Waals surface area contributed by atoms with Crippen molar-refractivity contribution in [1.29, 1.82) is 0 Å². The second-order valence-corrected chi connectivity index (χ2v) is 8.78. The number of piperazine rings is 1. The van der Waals surface area contributed by atoms with Gasteiger partial charge in [-0.25, -0.2) is 0 Å². The zero-order valence-corrected chi connectivity index (χ0v) is 19.0. The molecule has 1 aliphatic heterocycles. The van der Waals surface area contributed by atoms with Gasteiger partial charge in [-0.05, 0) is 30.9 Å². The lowest BCUT2D eigenvalue weighted by Gasteiger charge is -2.32. The predicted octanol–water partition coefficient (Wildman–Crippen LogP) is -0.309. The van der Waals surface area contributed by atoms with Crippen molar-refractivity contribution >= 4 is 5.91 Å². The van der Waals surface area contributed by atoms with Crippen LogP contribution in [0.25, 0.3) is 0 Å². The van der Waals surface area contributed by atoms with Crippen LogP contribution in [0.4, 0.5) is 0 Å². The molecule has 0 radical (unpaired) electrons. The van der Waals surface area contributed by atoms with Gasteiger partial charge in [-0.2, -0.15) is 0 Å². The van der Waals surface area contributed by atoms with Crippen LogP contribution >= 0.6 is 0 Å². The predicted molar refractivity (Wildman–Crippen MR) is 116 cm³/mol. The second kappa shape index (κ2) is 10.9. The normalized spacial score (nSPS) is 26.7. The third-order valence-electron chi connectivity index (χ3n) is 6.76. The van der Waals surface area contributed by atoms with E-state index in [4.69, 9.17) is 14.2 Å². The van der Waals surface area contributed by atoms with Gasteiger partial charge in [0, 0.05) is 6.04 Å². The minimum Gasteiger partial charge on any atom is -0.493 e. The minimum atomic E-state index is 0.216. The zero-order valence-electron chi connectivity index (χ0n) is 19.0. The molecule has 2 fully saturated rings. The van der Waals surface area contributed by atoms with Crippen LogP contribution in [0.3, 0.4) is 0 Å². The number of rotatable bonds is 8. The summed E-state index contributed by atoms with van der Waals surface area (Å²) in [5.74, 6) is 2.90. The highest BCUT2D eigenvalue weighted by molar-refractivity contribution is 5.77. The molecule has 1 aliphatic carbocycles. The summed E-state index contributed by atoms with van der Waals surface area (Å²) in [7, 11) is 4.94. The number of quaternary nitrogens is 2. The maximum absolute atomic E-state index is 12.5. The molecule has 1 aromatic carbocycles. The molecule has 3 rings (SSSR count). The number of carbonyl (C=O) groups is 1. The van der Waals surface area contributed by atoms with Crippen molar-refractivity contribution in [2.75, 3.05) is 54.1 Å². The maximum Gasteiger partial charge on any atom is 0.275 e. The lowest BCUT2D eigenvalue weighted by atomic mass is 9.86. The summed E-state index contributed by atoms with van der Waals surface area (Å²) in [6.45, 7) is 7.84. The first-order chi connectivity index (χ1) is 14.5. The molecule has 2 atom stereocenters. The highest BCUT2D eigenvalue weighted by Gasteiger charge is 2.29. The van der Waals surface area contributed by atoms with Gasteiger partial charge in [-0.1, -0.05) is 19.8 Å². The maximum atomic E-state index is 12.5. The Labute approximate surface area is 180 Å². The Morgan fingerprint density at radius 3 is 2.27 bits per heavy atom. The summed E-state index contributed by atoms with van der Waals surface area (Å²) >= 11 is 0. The molecule has 1 heterocycles. The molecule has 1 saturated heterocycles. The van der Waals surface area contributed by atoms with E-state index < -0.39 is 0 Å². The number of carbonyl (C=O) groups excluding carboxylic acids is 1. The number of hydrogen-bond acceptors (Lipinski definition) is 4. The highest BCUT2D eigenvalue weighted by atomic mass is 16.5. The number of benzene rings is 1.